The summed E-state index contributed by atoms with van der Waals surface area (Å²) < 4.78 is 3.99. The van der Waals surface area contributed by atoms with Crippen molar-refractivity contribution in [1.82, 2.24) is 24.1 Å². The molecule has 3 aromatic rings. The fourth-order valence-corrected chi connectivity index (χ4v) is 2.30. The predicted molar refractivity (Wildman–Crippen MR) is 73.8 cm³/mol. The molecule has 0 fully saturated rings. The summed E-state index contributed by atoms with van der Waals surface area (Å²) in [5, 5.41) is 0. The van der Waals surface area contributed by atoms with Crippen LogP contribution in [0, 0.1) is 0 Å². The highest BCUT2D eigenvalue weighted by molar-refractivity contribution is 9.10. The number of pyridine rings is 1. The molecule has 0 N–H and O–H groups in total. The average Bonchev–Trinajstić information content (AvgIpc) is 2.65. The number of hydrogen-bond acceptors (Lipinski definition) is 4. The van der Waals surface area contributed by atoms with Crippen LogP contribution in [0.2, 0.25) is 0 Å². The van der Waals surface area contributed by atoms with Gasteiger partial charge in [-0.3, -0.25) is 19.1 Å². The lowest BCUT2D eigenvalue weighted by atomic mass is 10.4. The number of aromatic nitrogens is 5. The van der Waals surface area contributed by atoms with Gasteiger partial charge in [0.2, 0.25) is 0 Å². The van der Waals surface area contributed by atoms with Crippen LogP contribution in [0.25, 0.3) is 11.2 Å². The van der Waals surface area contributed by atoms with Crippen LogP contribution in [0.4, 0.5) is 0 Å². The van der Waals surface area contributed by atoms with Crippen molar-refractivity contribution in [2.24, 2.45) is 7.05 Å². The van der Waals surface area contributed by atoms with Crippen molar-refractivity contribution < 1.29 is 0 Å². The van der Waals surface area contributed by atoms with E-state index in [0.717, 1.165) is 15.7 Å². The van der Waals surface area contributed by atoms with E-state index in [1.165, 1.54) is 4.57 Å². The van der Waals surface area contributed by atoms with Crippen molar-refractivity contribution in [2.75, 3.05) is 0 Å². The maximum absolute atomic E-state index is 12.2. The van der Waals surface area contributed by atoms with Gasteiger partial charge in [0.25, 0.3) is 0 Å². The van der Waals surface area contributed by atoms with Crippen molar-refractivity contribution in [1.29, 1.82) is 0 Å². The van der Waals surface area contributed by atoms with Crippen LogP contribution in [0.5, 0.6) is 0 Å². The fraction of sp³-hybridized carbons (Fsp3) is 0.167. The Hall–Kier alpha value is -2.02. The van der Waals surface area contributed by atoms with Crippen molar-refractivity contribution >= 4 is 27.1 Å². The summed E-state index contributed by atoms with van der Waals surface area (Å²) in [6.45, 7) is 0.377. The Morgan fingerprint density at radius 1 is 1.26 bits per heavy atom. The van der Waals surface area contributed by atoms with E-state index in [9.17, 15) is 4.79 Å². The SMILES string of the molecule is Cn1c(=O)n(Cc2cnccn2)c2cc(Br)cnc21. The van der Waals surface area contributed by atoms with E-state index in [2.05, 4.69) is 30.9 Å². The molecular formula is C12H10BrN5O. The van der Waals surface area contributed by atoms with Gasteiger partial charge in [0.15, 0.2) is 5.65 Å². The summed E-state index contributed by atoms with van der Waals surface area (Å²) in [7, 11) is 1.71. The summed E-state index contributed by atoms with van der Waals surface area (Å²) in [5.74, 6) is 0. The quantitative estimate of drug-likeness (QED) is 0.715. The highest BCUT2D eigenvalue weighted by atomic mass is 79.9. The maximum atomic E-state index is 12.2. The Balaban J connectivity index is 2.20. The molecule has 19 heavy (non-hydrogen) atoms. The minimum atomic E-state index is -0.119. The number of fused-ring (bicyclic) bond motifs is 1. The number of rotatable bonds is 2. The van der Waals surface area contributed by atoms with E-state index < -0.39 is 0 Å². The minimum absolute atomic E-state index is 0.119. The molecule has 0 radical (unpaired) electrons. The van der Waals surface area contributed by atoms with Crippen LogP contribution in [0.3, 0.4) is 0 Å². The number of aryl methyl sites for hydroxylation is 1. The van der Waals surface area contributed by atoms with E-state index in [1.807, 2.05) is 6.07 Å². The zero-order chi connectivity index (χ0) is 13.4. The summed E-state index contributed by atoms with van der Waals surface area (Å²) in [4.78, 5) is 24.7. The van der Waals surface area contributed by atoms with Gasteiger partial charge < -0.3 is 0 Å². The maximum Gasteiger partial charge on any atom is 0.330 e. The number of imidazole rings is 1. The van der Waals surface area contributed by atoms with E-state index in [4.69, 9.17) is 0 Å². The normalized spacial score (nSPS) is 11.1. The van der Waals surface area contributed by atoms with Crippen LogP contribution >= 0.6 is 15.9 Å². The molecule has 96 valence electrons. The molecule has 0 bridgehead atoms. The molecule has 0 aliphatic rings. The Morgan fingerprint density at radius 2 is 2.11 bits per heavy atom. The van der Waals surface area contributed by atoms with E-state index in [1.54, 1.807) is 36.4 Å². The largest absolute Gasteiger partial charge is 0.330 e. The summed E-state index contributed by atoms with van der Waals surface area (Å²) in [5.41, 5.74) is 2.04. The van der Waals surface area contributed by atoms with Crippen molar-refractivity contribution in [3.63, 3.8) is 0 Å². The van der Waals surface area contributed by atoms with Gasteiger partial charge in [0.05, 0.1) is 24.0 Å². The molecule has 7 heteroatoms. The molecule has 3 aromatic heterocycles. The highest BCUT2D eigenvalue weighted by Gasteiger charge is 2.12. The van der Waals surface area contributed by atoms with Crippen LogP contribution < -0.4 is 5.69 Å². The van der Waals surface area contributed by atoms with Gasteiger partial charge in [-0.05, 0) is 22.0 Å². The van der Waals surface area contributed by atoms with Crippen LogP contribution in [0.15, 0.2) is 40.1 Å². The third-order valence-electron chi connectivity index (χ3n) is 2.88. The molecule has 0 aliphatic heterocycles. The second-order valence-electron chi connectivity index (χ2n) is 4.12. The first kappa shape index (κ1) is 12.0. The Labute approximate surface area is 116 Å². The molecule has 0 aromatic carbocycles. The molecule has 3 heterocycles. The molecule has 6 nitrogen and oxygen atoms in total. The first-order chi connectivity index (χ1) is 9.16. The topological polar surface area (TPSA) is 65.6 Å². The predicted octanol–water partition coefficient (Wildman–Crippen LogP) is 1.34. The first-order valence-electron chi connectivity index (χ1n) is 5.62. The zero-order valence-electron chi connectivity index (χ0n) is 10.1. The Bertz CT molecular complexity index is 793. The number of nitrogens with zero attached hydrogens (tertiary/aromatic N) is 5. The molecule has 0 saturated heterocycles. The van der Waals surface area contributed by atoms with Crippen LogP contribution in [-0.2, 0) is 13.6 Å². The molecule has 0 atom stereocenters. The standard InChI is InChI=1S/C12H10BrN5O/c1-17-11-10(4-8(13)5-16-11)18(12(17)19)7-9-6-14-2-3-15-9/h2-6H,7H2,1H3. The minimum Gasteiger partial charge on any atom is -0.284 e. The van der Waals surface area contributed by atoms with Gasteiger partial charge in [-0.1, -0.05) is 0 Å². The molecule has 0 aliphatic carbocycles. The second-order valence-corrected chi connectivity index (χ2v) is 5.04. The number of hydrogen-bond donors (Lipinski definition) is 0. The van der Waals surface area contributed by atoms with Crippen molar-refractivity contribution in [2.45, 2.75) is 6.54 Å². The van der Waals surface area contributed by atoms with E-state index >= 15 is 0 Å². The lowest BCUT2D eigenvalue weighted by Gasteiger charge is -2.02. The number of halogens is 1. The smallest absolute Gasteiger partial charge is 0.284 e. The van der Waals surface area contributed by atoms with E-state index in [0.29, 0.717) is 12.2 Å². The summed E-state index contributed by atoms with van der Waals surface area (Å²) in [6, 6.07) is 1.88. The van der Waals surface area contributed by atoms with Crippen molar-refractivity contribution in [3.8, 4) is 0 Å². The van der Waals surface area contributed by atoms with Gasteiger partial charge >= 0.3 is 5.69 Å². The van der Waals surface area contributed by atoms with Crippen molar-refractivity contribution in [3.05, 3.63) is 51.5 Å². The molecule has 3 rings (SSSR count). The van der Waals surface area contributed by atoms with Gasteiger partial charge in [0, 0.05) is 30.1 Å². The van der Waals surface area contributed by atoms with Gasteiger partial charge in [0.1, 0.15) is 0 Å². The third-order valence-corrected chi connectivity index (χ3v) is 3.31. The summed E-state index contributed by atoms with van der Waals surface area (Å²) >= 11 is 3.37. The van der Waals surface area contributed by atoms with Gasteiger partial charge in [-0.2, -0.15) is 0 Å². The van der Waals surface area contributed by atoms with Crippen LogP contribution in [-0.4, -0.2) is 24.1 Å². The fourth-order valence-electron chi connectivity index (χ4n) is 1.98. The average molecular weight is 320 g/mol. The monoisotopic (exact) mass is 319 g/mol. The summed E-state index contributed by atoms with van der Waals surface area (Å²) in [6.07, 6.45) is 6.54. The third kappa shape index (κ3) is 2.06. The first-order valence-corrected chi connectivity index (χ1v) is 6.42. The molecule has 0 saturated carbocycles. The highest BCUT2D eigenvalue weighted by Crippen LogP contribution is 2.16. The lowest BCUT2D eigenvalue weighted by molar-refractivity contribution is 0.718. The van der Waals surface area contributed by atoms with Gasteiger partial charge in [-0.15, -0.1) is 0 Å². The Kier molecular flexibility index (Phi) is 2.90. The zero-order valence-corrected chi connectivity index (χ0v) is 11.7. The second kappa shape index (κ2) is 4.58. The van der Waals surface area contributed by atoms with Crippen LogP contribution in [0.1, 0.15) is 5.69 Å². The molecule has 0 spiro atoms. The Morgan fingerprint density at radius 3 is 2.84 bits per heavy atom. The molecular weight excluding hydrogens is 310 g/mol. The molecule has 0 unspecified atom stereocenters. The van der Waals surface area contributed by atoms with Gasteiger partial charge in [-0.25, -0.2) is 9.78 Å². The van der Waals surface area contributed by atoms with E-state index in [-0.39, 0.29) is 5.69 Å². The lowest BCUT2D eigenvalue weighted by Crippen LogP contribution is -2.23. The molecule has 0 amide bonds.